The van der Waals surface area contributed by atoms with Crippen LogP contribution in [-0.2, 0) is 28.2 Å². The number of hydrogen-bond acceptors (Lipinski definition) is 6. The van der Waals surface area contributed by atoms with E-state index in [1.807, 2.05) is 18.2 Å². The second-order valence-corrected chi connectivity index (χ2v) is 13.5. The first kappa shape index (κ1) is 44.3. The van der Waals surface area contributed by atoms with Crippen molar-refractivity contribution in [3.05, 3.63) is 36.6 Å². The number of carbonyl (C=O) groups excluding carboxylic acids is 2. The monoisotopic (exact) mass is 670 g/mol. The highest BCUT2D eigenvalue weighted by molar-refractivity contribution is 7.46. The highest BCUT2D eigenvalue weighted by Gasteiger charge is 2.21. The van der Waals surface area contributed by atoms with Crippen LogP contribution in [0.25, 0.3) is 0 Å². The van der Waals surface area contributed by atoms with Crippen molar-refractivity contribution in [2.75, 3.05) is 13.2 Å². The molecule has 0 rings (SSSR count). The van der Waals surface area contributed by atoms with Gasteiger partial charge in [0.1, 0.15) is 6.61 Å². The predicted molar refractivity (Wildman–Crippen MR) is 188 cm³/mol. The standard InChI is InChI=1S/C37H67O8P/c1-3-5-7-9-11-12-13-14-15-16-17-19-24-28-32-43-33-36(34-44-46(40,41)42)45-37(39)31-27-23-20-22-26-30-35(38)29-25-21-18-10-8-6-4-2/h18,21,25,28-29,32,36H,3-17,19-20,22-24,26-27,30-31,33-34H2,1-2H3,(H2,40,41,42)/b21-18-,29-25+,32-28+/t36-/m1/s1. The molecule has 1 atom stereocenters. The van der Waals surface area contributed by atoms with Crippen LogP contribution in [0.5, 0.6) is 0 Å². The second-order valence-electron chi connectivity index (χ2n) is 12.3. The molecule has 0 aromatic carbocycles. The van der Waals surface area contributed by atoms with Gasteiger partial charge in [-0.1, -0.05) is 135 Å². The molecule has 0 aliphatic heterocycles. The molecular formula is C37H67O8P. The van der Waals surface area contributed by atoms with Crippen LogP contribution in [0.4, 0.5) is 0 Å². The van der Waals surface area contributed by atoms with Crippen molar-refractivity contribution < 1.29 is 37.9 Å². The minimum Gasteiger partial charge on any atom is -0.498 e. The summed E-state index contributed by atoms with van der Waals surface area (Å²) in [5.41, 5.74) is 0. The zero-order valence-electron chi connectivity index (χ0n) is 29.2. The fourth-order valence-corrected chi connectivity index (χ4v) is 5.34. The summed E-state index contributed by atoms with van der Waals surface area (Å²) in [6, 6.07) is 0. The Morgan fingerprint density at radius 2 is 1.13 bits per heavy atom. The average Bonchev–Trinajstić information content (AvgIpc) is 3.02. The number of allylic oxidation sites excluding steroid dienone is 5. The van der Waals surface area contributed by atoms with Crippen LogP contribution in [0.3, 0.4) is 0 Å². The van der Waals surface area contributed by atoms with E-state index in [-0.39, 0.29) is 18.8 Å². The van der Waals surface area contributed by atoms with E-state index in [0.29, 0.717) is 12.8 Å². The number of phosphoric acid groups is 1. The fraction of sp³-hybridized carbons (Fsp3) is 0.784. The zero-order chi connectivity index (χ0) is 34.0. The van der Waals surface area contributed by atoms with Gasteiger partial charge in [-0.15, -0.1) is 0 Å². The van der Waals surface area contributed by atoms with Crippen molar-refractivity contribution in [2.45, 2.75) is 174 Å². The van der Waals surface area contributed by atoms with Gasteiger partial charge in [-0.3, -0.25) is 14.1 Å². The van der Waals surface area contributed by atoms with Gasteiger partial charge in [-0.25, -0.2) is 4.57 Å². The molecule has 0 bridgehead atoms. The molecule has 0 saturated carbocycles. The maximum Gasteiger partial charge on any atom is 0.469 e. The lowest BCUT2D eigenvalue weighted by Gasteiger charge is -2.18. The van der Waals surface area contributed by atoms with E-state index in [4.69, 9.17) is 19.3 Å². The summed E-state index contributed by atoms with van der Waals surface area (Å²) in [4.78, 5) is 42.4. The molecule has 0 aliphatic carbocycles. The number of ketones is 1. The molecule has 0 aromatic rings. The fourth-order valence-electron chi connectivity index (χ4n) is 4.98. The Hall–Kier alpha value is -1.73. The van der Waals surface area contributed by atoms with Gasteiger partial charge in [-0.05, 0) is 50.7 Å². The SMILES string of the molecule is CCCCC/C=C\C=C\C(=O)CCCCCCCC(=O)O[C@H](CO/C=C/CCCCCCCCCCCCCC)COP(=O)(O)O. The third-order valence-electron chi connectivity index (χ3n) is 7.73. The minimum absolute atomic E-state index is 0.0438. The number of phosphoric ester groups is 1. The van der Waals surface area contributed by atoms with Gasteiger partial charge < -0.3 is 19.3 Å². The van der Waals surface area contributed by atoms with Crippen LogP contribution in [0.15, 0.2) is 36.6 Å². The molecule has 2 N–H and O–H groups in total. The largest absolute Gasteiger partial charge is 0.498 e. The van der Waals surface area contributed by atoms with Gasteiger partial charge in [0, 0.05) is 12.8 Å². The van der Waals surface area contributed by atoms with Gasteiger partial charge in [-0.2, -0.15) is 0 Å². The Kier molecular flexibility index (Phi) is 31.9. The molecule has 0 unspecified atom stereocenters. The van der Waals surface area contributed by atoms with Gasteiger partial charge >= 0.3 is 13.8 Å². The summed E-state index contributed by atoms with van der Waals surface area (Å²) >= 11 is 0. The molecule has 0 aromatic heterocycles. The maximum absolute atomic E-state index is 12.3. The van der Waals surface area contributed by atoms with Crippen molar-refractivity contribution >= 4 is 19.6 Å². The highest BCUT2D eigenvalue weighted by atomic mass is 31.2. The van der Waals surface area contributed by atoms with Crippen LogP contribution in [0.1, 0.15) is 168 Å². The van der Waals surface area contributed by atoms with Crippen molar-refractivity contribution in [2.24, 2.45) is 0 Å². The normalized spacial score (nSPS) is 12.9. The molecule has 0 saturated heterocycles. The van der Waals surface area contributed by atoms with Gasteiger partial charge in [0.05, 0.1) is 12.9 Å². The Labute approximate surface area is 281 Å². The molecule has 0 heterocycles. The first-order valence-corrected chi connectivity index (χ1v) is 19.8. The Balaban J connectivity index is 4.01. The number of carbonyl (C=O) groups is 2. The van der Waals surface area contributed by atoms with Crippen molar-refractivity contribution in [3.63, 3.8) is 0 Å². The molecular weight excluding hydrogens is 603 g/mol. The summed E-state index contributed by atoms with van der Waals surface area (Å²) < 4.78 is 26.6. The van der Waals surface area contributed by atoms with Crippen LogP contribution in [0.2, 0.25) is 0 Å². The lowest BCUT2D eigenvalue weighted by Crippen LogP contribution is -2.27. The summed E-state index contributed by atoms with van der Waals surface area (Å²) in [5.74, 6) is -0.321. The van der Waals surface area contributed by atoms with Crippen LogP contribution >= 0.6 is 7.82 Å². The molecule has 0 radical (unpaired) electrons. The molecule has 0 spiro atoms. The third-order valence-corrected chi connectivity index (χ3v) is 8.22. The Bertz CT molecular complexity index is 848. The first-order valence-electron chi connectivity index (χ1n) is 18.3. The minimum atomic E-state index is -4.69. The van der Waals surface area contributed by atoms with Crippen LogP contribution in [0, 0.1) is 0 Å². The van der Waals surface area contributed by atoms with E-state index in [0.717, 1.165) is 44.9 Å². The average molecular weight is 671 g/mol. The Morgan fingerprint density at radius 1 is 0.630 bits per heavy atom. The second kappa shape index (κ2) is 33.2. The van der Waals surface area contributed by atoms with Crippen molar-refractivity contribution in [3.8, 4) is 0 Å². The summed E-state index contributed by atoms with van der Waals surface area (Å²) in [7, 11) is -4.69. The van der Waals surface area contributed by atoms with E-state index in [2.05, 4.69) is 24.4 Å². The number of unbranched alkanes of at least 4 members (excludes halogenated alkanes) is 19. The molecule has 9 heteroatoms. The molecule has 268 valence electrons. The van der Waals surface area contributed by atoms with Gasteiger partial charge in [0.15, 0.2) is 11.9 Å². The van der Waals surface area contributed by atoms with Crippen molar-refractivity contribution in [1.29, 1.82) is 0 Å². The number of esters is 1. The summed E-state index contributed by atoms with van der Waals surface area (Å²) in [6.07, 6.45) is 36.1. The van der Waals surface area contributed by atoms with Crippen molar-refractivity contribution in [1.82, 2.24) is 0 Å². The molecule has 0 fully saturated rings. The van der Waals surface area contributed by atoms with Crippen LogP contribution < -0.4 is 0 Å². The zero-order valence-corrected chi connectivity index (χ0v) is 30.1. The van der Waals surface area contributed by atoms with E-state index in [1.165, 1.54) is 89.9 Å². The first-order chi connectivity index (χ1) is 22.3. The topological polar surface area (TPSA) is 119 Å². The number of rotatable bonds is 34. The van der Waals surface area contributed by atoms with Crippen LogP contribution in [-0.4, -0.2) is 40.9 Å². The third kappa shape index (κ3) is 35.1. The molecule has 46 heavy (non-hydrogen) atoms. The number of ether oxygens (including phenoxy) is 2. The van der Waals surface area contributed by atoms with E-state index in [1.54, 1.807) is 12.3 Å². The predicted octanol–water partition coefficient (Wildman–Crippen LogP) is 10.6. The van der Waals surface area contributed by atoms with E-state index in [9.17, 15) is 14.2 Å². The van der Waals surface area contributed by atoms with E-state index >= 15 is 0 Å². The molecule has 0 aliphatic rings. The van der Waals surface area contributed by atoms with E-state index < -0.39 is 26.5 Å². The Morgan fingerprint density at radius 3 is 1.74 bits per heavy atom. The quantitative estimate of drug-likeness (QED) is 0.0173. The lowest BCUT2D eigenvalue weighted by atomic mass is 10.0. The maximum atomic E-state index is 12.3. The number of hydrogen-bond donors (Lipinski definition) is 2. The smallest absolute Gasteiger partial charge is 0.469 e. The molecule has 0 amide bonds. The van der Waals surface area contributed by atoms with Gasteiger partial charge in [0.25, 0.3) is 0 Å². The highest BCUT2D eigenvalue weighted by Crippen LogP contribution is 2.35. The summed E-state index contributed by atoms with van der Waals surface area (Å²) in [6.45, 7) is 3.94. The molecule has 8 nitrogen and oxygen atoms in total. The summed E-state index contributed by atoms with van der Waals surface area (Å²) in [5, 5.41) is 0. The lowest BCUT2D eigenvalue weighted by molar-refractivity contribution is -0.153. The van der Waals surface area contributed by atoms with Gasteiger partial charge in [0.2, 0.25) is 0 Å².